The summed E-state index contributed by atoms with van der Waals surface area (Å²) in [6, 6.07) is 11.7. The number of pyridine rings is 1. The van der Waals surface area contributed by atoms with Crippen molar-refractivity contribution in [1.82, 2.24) is 15.3 Å². The summed E-state index contributed by atoms with van der Waals surface area (Å²) < 4.78 is 12.9. The molecule has 0 aliphatic rings. The second-order valence-corrected chi connectivity index (χ2v) is 6.73. The molecule has 0 atom stereocenters. The van der Waals surface area contributed by atoms with Gasteiger partial charge in [0.05, 0.1) is 17.8 Å². The number of halogens is 1. The Bertz CT molecular complexity index is 847. The highest BCUT2D eigenvalue weighted by atomic mass is 32.1. The Hall–Kier alpha value is -2.60. The number of thiazole rings is 1. The van der Waals surface area contributed by atoms with E-state index in [4.69, 9.17) is 0 Å². The lowest BCUT2D eigenvalue weighted by Crippen LogP contribution is -2.27. The van der Waals surface area contributed by atoms with Gasteiger partial charge in [0.1, 0.15) is 10.8 Å². The molecule has 0 saturated carbocycles. The molecule has 4 nitrogen and oxygen atoms in total. The molecule has 25 heavy (non-hydrogen) atoms. The van der Waals surface area contributed by atoms with Crippen molar-refractivity contribution in [2.45, 2.75) is 19.8 Å². The molecule has 0 saturated heterocycles. The van der Waals surface area contributed by atoms with E-state index in [-0.39, 0.29) is 18.1 Å². The normalized spacial score (nSPS) is 10.6. The lowest BCUT2D eigenvalue weighted by atomic mass is 10.1. The standard InChI is InChI=1S/C19H18FN3OS/c1-13-17(25-19(23-13)16-4-2-3-10-21-16)9-11-22-18(24)12-14-5-7-15(20)8-6-14/h2-8,10H,9,11-12H2,1H3,(H,22,24). The number of hydrogen-bond donors (Lipinski definition) is 1. The second-order valence-electron chi connectivity index (χ2n) is 5.65. The average Bonchev–Trinajstić information content (AvgIpc) is 2.99. The van der Waals surface area contributed by atoms with Gasteiger partial charge in [0.25, 0.3) is 0 Å². The summed E-state index contributed by atoms with van der Waals surface area (Å²) in [6.45, 7) is 2.52. The molecule has 2 aromatic heterocycles. The van der Waals surface area contributed by atoms with Crippen LogP contribution < -0.4 is 5.32 Å². The van der Waals surface area contributed by atoms with Crippen molar-refractivity contribution in [3.63, 3.8) is 0 Å². The number of nitrogens with one attached hydrogen (secondary N) is 1. The minimum atomic E-state index is -0.298. The van der Waals surface area contributed by atoms with Gasteiger partial charge in [0, 0.05) is 24.0 Å². The van der Waals surface area contributed by atoms with E-state index in [0.717, 1.165) is 33.3 Å². The smallest absolute Gasteiger partial charge is 0.224 e. The maximum Gasteiger partial charge on any atom is 0.224 e. The number of carbonyl (C=O) groups is 1. The van der Waals surface area contributed by atoms with E-state index in [1.165, 1.54) is 12.1 Å². The van der Waals surface area contributed by atoms with Crippen molar-refractivity contribution in [1.29, 1.82) is 0 Å². The fraction of sp³-hybridized carbons (Fsp3) is 0.211. The fourth-order valence-electron chi connectivity index (χ4n) is 2.42. The van der Waals surface area contributed by atoms with Crippen LogP contribution >= 0.6 is 11.3 Å². The molecule has 1 amide bonds. The van der Waals surface area contributed by atoms with Crippen molar-refractivity contribution in [3.05, 3.63) is 70.6 Å². The first-order chi connectivity index (χ1) is 12.1. The Kier molecular flexibility index (Phi) is 5.50. The van der Waals surface area contributed by atoms with Crippen molar-refractivity contribution >= 4 is 17.2 Å². The molecule has 1 aromatic carbocycles. The first kappa shape index (κ1) is 17.2. The average molecular weight is 355 g/mol. The summed E-state index contributed by atoms with van der Waals surface area (Å²) in [5.41, 5.74) is 2.63. The molecule has 128 valence electrons. The third kappa shape index (κ3) is 4.70. The predicted octanol–water partition coefficient (Wildman–Crippen LogP) is 3.55. The van der Waals surface area contributed by atoms with Crippen molar-refractivity contribution in [2.75, 3.05) is 6.54 Å². The van der Waals surface area contributed by atoms with E-state index in [1.807, 2.05) is 25.1 Å². The van der Waals surface area contributed by atoms with Gasteiger partial charge in [-0.15, -0.1) is 11.3 Å². The van der Waals surface area contributed by atoms with E-state index in [1.54, 1.807) is 29.7 Å². The van der Waals surface area contributed by atoms with Gasteiger partial charge in [-0.05, 0) is 36.8 Å². The largest absolute Gasteiger partial charge is 0.355 e. The summed E-state index contributed by atoms with van der Waals surface area (Å²) in [6.07, 6.45) is 2.73. The number of rotatable bonds is 6. The molecule has 0 spiro atoms. The van der Waals surface area contributed by atoms with E-state index in [9.17, 15) is 9.18 Å². The quantitative estimate of drug-likeness (QED) is 0.736. The maximum absolute atomic E-state index is 12.9. The number of aromatic nitrogens is 2. The number of nitrogens with zero attached hydrogens (tertiary/aromatic N) is 2. The Morgan fingerprint density at radius 2 is 2.00 bits per heavy atom. The topological polar surface area (TPSA) is 54.9 Å². The first-order valence-electron chi connectivity index (χ1n) is 8.00. The predicted molar refractivity (Wildman–Crippen MR) is 96.9 cm³/mol. The zero-order chi connectivity index (χ0) is 17.6. The van der Waals surface area contributed by atoms with Crippen molar-refractivity contribution in [2.24, 2.45) is 0 Å². The molecule has 0 bridgehead atoms. The Morgan fingerprint density at radius 3 is 2.72 bits per heavy atom. The molecule has 3 rings (SSSR count). The van der Waals surface area contributed by atoms with Gasteiger partial charge in [0.15, 0.2) is 0 Å². The van der Waals surface area contributed by atoms with Gasteiger partial charge >= 0.3 is 0 Å². The van der Waals surface area contributed by atoms with E-state index in [0.29, 0.717) is 6.54 Å². The zero-order valence-electron chi connectivity index (χ0n) is 13.8. The summed E-state index contributed by atoms with van der Waals surface area (Å²) in [5, 5.41) is 3.80. The summed E-state index contributed by atoms with van der Waals surface area (Å²) in [7, 11) is 0. The van der Waals surface area contributed by atoms with Gasteiger partial charge in [-0.25, -0.2) is 9.37 Å². The van der Waals surface area contributed by atoms with Crippen LogP contribution in [0.25, 0.3) is 10.7 Å². The molecule has 6 heteroatoms. The van der Waals surface area contributed by atoms with Crippen molar-refractivity contribution in [3.8, 4) is 10.7 Å². The van der Waals surface area contributed by atoms with Crippen LogP contribution in [0.2, 0.25) is 0 Å². The Labute approximate surface area is 149 Å². The van der Waals surface area contributed by atoms with Gasteiger partial charge in [-0.3, -0.25) is 9.78 Å². The van der Waals surface area contributed by atoms with Gasteiger partial charge in [-0.1, -0.05) is 18.2 Å². The molecule has 2 heterocycles. The van der Waals surface area contributed by atoms with Gasteiger partial charge in [0.2, 0.25) is 5.91 Å². The monoisotopic (exact) mass is 355 g/mol. The van der Waals surface area contributed by atoms with Crippen LogP contribution in [0.3, 0.4) is 0 Å². The summed E-state index contributed by atoms with van der Waals surface area (Å²) >= 11 is 1.60. The van der Waals surface area contributed by atoms with E-state index in [2.05, 4.69) is 15.3 Å². The van der Waals surface area contributed by atoms with Gasteiger partial charge < -0.3 is 5.32 Å². The fourth-order valence-corrected chi connectivity index (χ4v) is 3.46. The lowest BCUT2D eigenvalue weighted by molar-refractivity contribution is -0.120. The van der Waals surface area contributed by atoms with Gasteiger partial charge in [-0.2, -0.15) is 0 Å². The number of hydrogen-bond acceptors (Lipinski definition) is 4. The SMILES string of the molecule is Cc1nc(-c2ccccn2)sc1CCNC(=O)Cc1ccc(F)cc1. The van der Waals surface area contributed by atoms with E-state index >= 15 is 0 Å². The second kappa shape index (κ2) is 7.98. The highest BCUT2D eigenvalue weighted by Crippen LogP contribution is 2.26. The molecule has 0 aliphatic carbocycles. The number of amides is 1. The molecule has 3 aromatic rings. The minimum absolute atomic E-state index is 0.0706. The van der Waals surface area contributed by atoms with Crippen molar-refractivity contribution < 1.29 is 9.18 Å². The van der Waals surface area contributed by atoms with Crippen LogP contribution in [0.4, 0.5) is 4.39 Å². The Balaban J connectivity index is 1.53. The molecule has 0 aliphatic heterocycles. The van der Waals surface area contributed by atoms with Crippen LogP contribution in [0.15, 0.2) is 48.7 Å². The Morgan fingerprint density at radius 1 is 1.20 bits per heavy atom. The lowest BCUT2D eigenvalue weighted by Gasteiger charge is -2.05. The summed E-state index contributed by atoms with van der Waals surface area (Å²) in [4.78, 5) is 22.0. The summed E-state index contributed by atoms with van der Waals surface area (Å²) in [5.74, 6) is -0.368. The molecular formula is C19H18FN3OS. The first-order valence-corrected chi connectivity index (χ1v) is 8.82. The zero-order valence-corrected chi connectivity index (χ0v) is 14.6. The maximum atomic E-state index is 12.9. The molecule has 1 N–H and O–H groups in total. The molecule has 0 unspecified atom stereocenters. The number of benzene rings is 1. The highest BCUT2D eigenvalue weighted by Gasteiger charge is 2.10. The number of aryl methyl sites for hydroxylation is 1. The van der Waals surface area contributed by atoms with Crippen LogP contribution in [0.5, 0.6) is 0 Å². The molecular weight excluding hydrogens is 337 g/mol. The van der Waals surface area contributed by atoms with Crippen LogP contribution in [-0.2, 0) is 17.6 Å². The highest BCUT2D eigenvalue weighted by molar-refractivity contribution is 7.15. The third-order valence-corrected chi connectivity index (χ3v) is 4.97. The number of carbonyl (C=O) groups excluding carboxylic acids is 1. The van der Waals surface area contributed by atoms with Crippen LogP contribution in [0, 0.1) is 12.7 Å². The minimum Gasteiger partial charge on any atom is -0.355 e. The van der Waals surface area contributed by atoms with E-state index < -0.39 is 0 Å². The van der Waals surface area contributed by atoms with Crippen LogP contribution in [-0.4, -0.2) is 22.4 Å². The molecule has 0 radical (unpaired) electrons. The third-order valence-electron chi connectivity index (χ3n) is 3.73. The molecule has 0 fully saturated rings. The van der Waals surface area contributed by atoms with Crippen LogP contribution in [0.1, 0.15) is 16.1 Å².